The van der Waals surface area contributed by atoms with Gasteiger partial charge >= 0.3 is 5.97 Å². The van der Waals surface area contributed by atoms with Gasteiger partial charge in [-0.1, -0.05) is 30.3 Å². The summed E-state index contributed by atoms with van der Waals surface area (Å²) < 4.78 is 0. The van der Waals surface area contributed by atoms with Crippen molar-refractivity contribution in [2.75, 3.05) is 5.88 Å². The SMILES string of the molecule is O=C(O)CC(NC(=O)CCl)c1ccccc1. The summed E-state index contributed by atoms with van der Waals surface area (Å²) in [4.78, 5) is 21.8. The minimum Gasteiger partial charge on any atom is -0.481 e. The van der Waals surface area contributed by atoms with E-state index in [4.69, 9.17) is 16.7 Å². The molecule has 5 heteroatoms. The van der Waals surface area contributed by atoms with Crippen LogP contribution in [0.2, 0.25) is 0 Å². The highest BCUT2D eigenvalue weighted by molar-refractivity contribution is 6.27. The van der Waals surface area contributed by atoms with Crippen LogP contribution in [-0.2, 0) is 9.59 Å². The van der Waals surface area contributed by atoms with E-state index in [1.807, 2.05) is 6.07 Å². The number of amides is 1. The van der Waals surface area contributed by atoms with Crippen LogP contribution in [0.4, 0.5) is 0 Å². The zero-order valence-electron chi connectivity index (χ0n) is 8.52. The summed E-state index contributed by atoms with van der Waals surface area (Å²) in [6, 6.07) is 8.40. The zero-order chi connectivity index (χ0) is 12.0. The molecule has 0 radical (unpaired) electrons. The number of halogens is 1. The average molecular weight is 242 g/mol. The van der Waals surface area contributed by atoms with Crippen molar-refractivity contribution in [2.45, 2.75) is 12.5 Å². The fourth-order valence-corrected chi connectivity index (χ4v) is 1.42. The van der Waals surface area contributed by atoms with Gasteiger partial charge in [-0.15, -0.1) is 11.6 Å². The van der Waals surface area contributed by atoms with Gasteiger partial charge in [0.25, 0.3) is 0 Å². The fraction of sp³-hybridized carbons (Fsp3) is 0.273. The summed E-state index contributed by atoms with van der Waals surface area (Å²) in [7, 11) is 0. The smallest absolute Gasteiger partial charge is 0.305 e. The van der Waals surface area contributed by atoms with Gasteiger partial charge in [-0.3, -0.25) is 9.59 Å². The highest BCUT2D eigenvalue weighted by Gasteiger charge is 2.16. The molecule has 1 aromatic carbocycles. The summed E-state index contributed by atoms with van der Waals surface area (Å²) >= 11 is 5.36. The van der Waals surface area contributed by atoms with Crippen molar-refractivity contribution >= 4 is 23.5 Å². The highest BCUT2D eigenvalue weighted by atomic mass is 35.5. The predicted octanol–water partition coefficient (Wildman–Crippen LogP) is 1.56. The Kier molecular flexibility index (Phi) is 4.79. The maximum absolute atomic E-state index is 11.1. The van der Waals surface area contributed by atoms with E-state index in [1.165, 1.54) is 0 Å². The van der Waals surface area contributed by atoms with Crippen LogP contribution in [0, 0.1) is 0 Å². The van der Waals surface area contributed by atoms with Crippen molar-refractivity contribution in [3.8, 4) is 0 Å². The van der Waals surface area contributed by atoms with Gasteiger partial charge in [0.1, 0.15) is 5.88 Å². The first-order valence-corrected chi connectivity index (χ1v) is 5.29. The van der Waals surface area contributed by atoms with Gasteiger partial charge < -0.3 is 10.4 Å². The molecule has 0 aliphatic carbocycles. The van der Waals surface area contributed by atoms with Gasteiger partial charge in [0, 0.05) is 0 Å². The van der Waals surface area contributed by atoms with Crippen LogP contribution >= 0.6 is 11.6 Å². The van der Waals surface area contributed by atoms with E-state index < -0.39 is 12.0 Å². The Bertz CT molecular complexity index is 367. The summed E-state index contributed by atoms with van der Waals surface area (Å²) in [6.07, 6.45) is -0.160. The number of rotatable bonds is 5. The Morgan fingerprint density at radius 1 is 1.31 bits per heavy atom. The van der Waals surface area contributed by atoms with Crippen LogP contribution in [-0.4, -0.2) is 22.9 Å². The maximum atomic E-state index is 11.1. The van der Waals surface area contributed by atoms with E-state index >= 15 is 0 Å². The molecule has 2 N–H and O–H groups in total. The molecule has 1 atom stereocenters. The van der Waals surface area contributed by atoms with Gasteiger partial charge in [-0.05, 0) is 5.56 Å². The Morgan fingerprint density at radius 3 is 2.44 bits per heavy atom. The normalized spacial score (nSPS) is 11.8. The molecule has 1 amide bonds. The van der Waals surface area contributed by atoms with Gasteiger partial charge in [-0.2, -0.15) is 0 Å². The molecule has 0 saturated carbocycles. The van der Waals surface area contributed by atoms with E-state index in [2.05, 4.69) is 5.32 Å². The van der Waals surface area contributed by atoms with E-state index in [-0.39, 0.29) is 18.2 Å². The van der Waals surface area contributed by atoms with Crippen molar-refractivity contribution in [1.82, 2.24) is 5.32 Å². The van der Waals surface area contributed by atoms with Crippen LogP contribution in [0.25, 0.3) is 0 Å². The lowest BCUT2D eigenvalue weighted by Crippen LogP contribution is -2.30. The molecular formula is C11H12ClNO3. The molecule has 1 rings (SSSR count). The zero-order valence-corrected chi connectivity index (χ0v) is 9.28. The first-order valence-electron chi connectivity index (χ1n) is 4.75. The molecule has 16 heavy (non-hydrogen) atoms. The molecule has 0 spiro atoms. The molecule has 0 saturated heterocycles. The molecule has 0 heterocycles. The summed E-state index contributed by atoms with van der Waals surface area (Å²) in [5, 5.41) is 11.3. The minimum absolute atomic E-state index is 0.160. The third-order valence-corrected chi connectivity index (χ3v) is 2.28. The first kappa shape index (κ1) is 12.5. The van der Waals surface area contributed by atoms with Crippen molar-refractivity contribution in [3.63, 3.8) is 0 Å². The molecule has 0 aliphatic rings. The number of aliphatic carboxylic acids is 1. The van der Waals surface area contributed by atoms with Gasteiger partial charge in [0.05, 0.1) is 12.5 Å². The van der Waals surface area contributed by atoms with Crippen LogP contribution in [0.3, 0.4) is 0 Å². The molecule has 1 unspecified atom stereocenters. The minimum atomic E-state index is -0.969. The number of nitrogens with one attached hydrogen (secondary N) is 1. The molecule has 0 fully saturated rings. The summed E-state index contributed by atoms with van der Waals surface area (Å²) in [5.41, 5.74) is 0.753. The summed E-state index contributed by atoms with van der Waals surface area (Å²) in [6.45, 7) is 0. The third kappa shape index (κ3) is 3.90. The fourth-order valence-electron chi connectivity index (χ4n) is 1.35. The quantitative estimate of drug-likeness (QED) is 0.769. The van der Waals surface area contributed by atoms with E-state index in [9.17, 15) is 9.59 Å². The average Bonchev–Trinajstić information content (AvgIpc) is 2.28. The Hall–Kier alpha value is -1.55. The lowest BCUT2D eigenvalue weighted by molar-refractivity contribution is -0.137. The van der Waals surface area contributed by atoms with E-state index in [0.717, 1.165) is 5.56 Å². The predicted molar refractivity (Wildman–Crippen MR) is 60.3 cm³/mol. The standard InChI is InChI=1S/C11H12ClNO3/c12-7-10(14)13-9(6-11(15)16)8-4-2-1-3-5-8/h1-5,9H,6-7H2,(H,13,14)(H,15,16). The number of carboxylic acid groups (broad SMARTS) is 1. The highest BCUT2D eigenvalue weighted by Crippen LogP contribution is 2.16. The van der Waals surface area contributed by atoms with Crippen LogP contribution < -0.4 is 5.32 Å². The lowest BCUT2D eigenvalue weighted by Gasteiger charge is -2.16. The number of carboxylic acids is 1. The van der Waals surface area contributed by atoms with Gasteiger partial charge in [0.15, 0.2) is 0 Å². The topological polar surface area (TPSA) is 66.4 Å². The maximum Gasteiger partial charge on any atom is 0.305 e. The number of alkyl halides is 1. The number of carbonyl (C=O) groups is 2. The molecular weight excluding hydrogens is 230 g/mol. The second-order valence-electron chi connectivity index (χ2n) is 3.26. The molecule has 4 nitrogen and oxygen atoms in total. The molecule has 0 aliphatic heterocycles. The Balaban J connectivity index is 2.79. The van der Waals surface area contributed by atoms with Crippen LogP contribution in [0.5, 0.6) is 0 Å². The van der Waals surface area contributed by atoms with Crippen molar-refractivity contribution in [1.29, 1.82) is 0 Å². The van der Waals surface area contributed by atoms with Crippen LogP contribution in [0.15, 0.2) is 30.3 Å². The lowest BCUT2D eigenvalue weighted by atomic mass is 10.0. The second-order valence-corrected chi connectivity index (χ2v) is 3.53. The second kappa shape index (κ2) is 6.12. The summed E-state index contributed by atoms with van der Waals surface area (Å²) in [5.74, 6) is -1.52. The number of benzene rings is 1. The Morgan fingerprint density at radius 2 is 1.94 bits per heavy atom. The van der Waals surface area contributed by atoms with Crippen molar-refractivity contribution in [3.05, 3.63) is 35.9 Å². The Labute approximate surface area is 98.2 Å². The van der Waals surface area contributed by atoms with Gasteiger partial charge in [-0.25, -0.2) is 0 Å². The molecule has 1 aromatic rings. The number of hydrogen-bond donors (Lipinski definition) is 2. The van der Waals surface area contributed by atoms with Crippen LogP contribution in [0.1, 0.15) is 18.0 Å². The first-order chi connectivity index (χ1) is 7.63. The third-order valence-electron chi connectivity index (χ3n) is 2.04. The molecule has 0 aromatic heterocycles. The van der Waals surface area contributed by atoms with Gasteiger partial charge in [0.2, 0.25) is 5.91 Å². The molecule has 0 bridgehead atoms. The molecule has 86 valence electrons. The van der Waals surface area contributed by atoms with Crippen molar-refractivity contribution in [2.24, 2.45) is 0 Å². The van der Waals surface area contributed by atoms with Crippen molar-refractivity contribution < 1.29 is 14.7 Å². The number of carbonyl (C=O) groups excluding carboxylic acids is 1. The monoisotopic (exact) mass is 241 g/mol. The largest absolute Gasteiger partial charge is 0.481 e. The number of hydrogen-bond acceptors (Lipinski definition) is 2. The van der Waals surface area contributed by atoms with E-state index in [1.54, 1.807) is 24.3 Å². The van der Waals surface area contributed by atoms with E-state index in [0.29, 0.717) is 0 Å².